The smallest absolute Gasteiger partial charge is 0.280 e. The summed E-state index contributed by atoms with van der Waals surface area (Å²) in [5, 5.41) is 5.84. The van der Waals surface area contributed by atoms with Crippen molar-refractivity contribution in [2.75, 3.05) is 0 Å². The number of hydrazone groups is 1. The number of halogens is 1. The number of hydrogen-bond acceptors (Lipinski definition) is 4. The number of rotatable bonds is 5. The molecule has 0 bridgehead atoms. The lowest BCUT2D eigenvalue weighted by molar-refractivity contribution is -0.127. The first-order valence-corrected chi connectivity index (χ1v) is 7.61. The van der Waals surface area contributed by atoms with E-state index >= 15 is 0 Å². The predicted octanol–water partition coefficient (Wildman–Crippen LogP) is 3.43. The van der Waals surface area contributed by atoms with Crippen molar-refractivity contribution >= 4 is 39.4 Å². The summed E-state index contributed by atoms with van der Waals surface area (Å²) in [6.07, 6.45) is 0.985. The van der Waals surface area contributed by atoms with Crippen molar-refractivity contribution < 1.29 is 9.53 Å². The second-order valence-electron chi connectivity index (χ2n) is 3.97. The monoisotopic (exact) mass is 352 g/mol. The molecule has 0 aliphatic heterocycles. The SMILES string of the molecule is C[C@H](Oc1cccc(Br)c1)C(=O)N/N=C\c1cccs1. The van der Waals surface area contributed by atoms with E-state index in [1.807, 2.05) is 29.6 Å². The molecule has 0 aliphatic rings. The normalized spacial score (nSPS) is 12.3. The zero-order valence-electron chi connectivity index (χ0n) is 10.7. The summed E-state index contributed by atoms with van der Waals surface area (Å²) in [5.41, 5.74) is 2.46. The third-order valence-corrected chi connectivity index (χ3v) is 3.69. The maximum atomic E-state index is 11.8. The minimum Gasteiger partial charge on any atom is -0.481 e. The van der Waals surface area contributed by atoms with Crippen LogP contribution >= 0.6 is 27.3 Å². The van der Waals surface area contributed by atoms with E-state index in [9.17, 15) is 4.79 Å². The number of nitrogens with one attached hydrogen (secondary N) is 1. The molecule has 4 nitrogen and oxygen atoms in total. The highest BCUT2D eigenvalue weighted by molar-refractivity contribution is 9.10. The van der Waals surface area contributed by atoms with Gasteiger partial charge in [0.2, 0.25) is 0 Å². The maximum absolute atomic E-state index is 11.8. The molecule has 20 heavy (non-hydrogen) atoms. The first-order valence-electron chi connectivity index (χ1n) is 5.94. The summed E-state index contributed by atoms with van der Waals surface area (Å²) in [6, 6.07) is 11.2. The molecule has 1 heterocycles. The van der Waals surface area contributed by atoms with E-state index in [4.69, 9.17) is 4.74 Å². The van der Waals surface area contributed by atoms with Crippen LogP contribution in [-0.4, -0.2) is 18.2 Å². The van der Waals surface area contributed by atoms with Crippen molar-refractivity contribution in [3.8, 4) is 5.75 Å². The highest BCUT2D eigenvalue weighted by Gasteiger charge is 2.13. The van der Waals surface area contributed by atoms with Gasteiger partial charge >= 0.3 is 0 Å². The number of carbonyl (C=O) groups is 1. The van der Waals surface area contributed by atoms with E-state index in [-0.39, 0.29) is 5.91 Å². The number of carbonyl (C=O) groups excluding carboxylic acids is 1. The van der Waals surface area contributed by atoms with Gasteiger partial charge in [0.25, 0.3) is 5.91 Å². The molecule has 1 N–H and O–H groups in total. The van der Waals surface area contributed by atoms with Crippen LogP contribution in [0.5, 0.6) is 5.75 Å². The number of hydrogen-bond donors (Lipinski definition) is 1. The lowest BCUT2D eigenvalue weighted by atomic mass is 10.3. The summed E-state index contributed by atoms with van der Waals surface area (Å²) in [4.78, 5) is 12.8. The van der Waals surface area contributed by atoms with E-state index in [1.54, 1.807) is 36.6 Å². The van der Waals surface area contributed by atoms with Gasteiger partial charge in [0.1, 0.15) is 5.75 Å². The van der Waals surface area contributed by atoms with Crippen LogP contribution in [0.25, 0.3) is 0 Å². The molecule has 0 aliphatic carbocycles. The molecule has 1 aromatic carbocycles. The summed E-state index contributed by atoms with van der Waals surface area (Å²) in [6.45, 7) is 1.68. The molecule has 2 aromatic rings. The summed E-state index contributed by atoms with van der Waals surface area (Å²) in [5.74, 6) is 0.335. The van der Waals surface area contributed by atoms with Crippen LogP contribution in [0.3, 0.4) is 0 Å². The Morgan fingerprint density at radius 3 is 3.00 bits per heavy atom. The van der Waals surface area contributed by atoms with Crippen LogP contribution < -0.4 is 10.2 Å². The van der Waals surface area contributed by atoms with Crippen molar-refractivity contribution in [2.45, 2.75) is 13.0 Å². The minimum atomic E-state index is -0.621. The van der Waals surface area contributed by atoms with Crippen LogP contribution in [0.2, 0.25) is 0 Å². The molecule has 6 heteroatoms. The van der Waals surface area contributed by atoms with Crippen molar-refractivity contribution in [3.05, 3.63) is 51.1 Å². The van der Waals surface area contributed by atoms with Gasteiger partial charge in [-0.3, -0.25) is 4.79 Å². The summed E-state index contributed by atoms with van der Waals surface area (Å²) < 4.78 is 6.43. The fourth-order valence-electron chi connectivity index (χ4n) is 1.41. The molecule has 2 rings (SSSR count). The third kappa shape index (κ3) is 4.47. The topological polar surface area (TPSA) is 50.7 Å². The van der Waals surface area contributed by atoms with Gasteiger partial charge in [0, 0.05) is 9.35 Å². The summed E-state index contributed by atoms with van der Waals surface area (Å²) in [7, 11) is 0. The highest BCUT2D eigenvalue weighted by atomic mass is 79.9. The van der Waals surface area contributed by atoms with E-state index in [1.165, 1.54) is 0 Å². The number of benzene rings is 1. The second kappa shape index (κ2) is 7.21. The number of thiophene rings is 1. The Labute approximate surface area is 129 Å². The second-order valence-corrected chi connectivity index (χ2v) is 5.86. The molecule has 0 spiro atoms. The van der Waals surface area contributed by atoms with Gasteiger partial charge in [-0.25, -0.2) is 5.43 Å². The largest absolute Gasteiger partial charge is 0.481 e. The first-order chi connectivity index (χ1) is 9.65. The van der Waals surface area contributed by atoms with Crippen molar-refractivity contribution in [2.24, 2.45) is 5.10 Å². The van der Waals surface area contributed by atoms with E-state index in [2.05, 4.69) is 26.5 Å². The quantitative estimate of drug-likeness (QED) is 0.661. The molecule has 0 fully saturated rings. The van der Waals surface area contributed by atoms with Gasteiger partial charge in [0.05, 0.1) is 6.21 Å². The molecule has 1 atom stereocenters. The Morgan fingerprint density at radius 2 is 2.30 bits per heavy atom. The van der Waals surface area contributed by atoms with Gasteiger partial charge in [0.15, 0.2) is 6.10 Å². The molecule has 1 amide bonds. The van der Waals surface area contributed by atoms with E-state index < -0.39 is 6.10 Å². The number of ether oxygens (including phenoxy) is 1. The lowest BCUT2D eigenvalue weighted by Crippen LogP contribution is -2.33. The van der Waals surface area contributed by atoms with Crippen LogP contribution in [0, 0.1) is 0 Å². The molecule has 104 valence electrons. The Morgan fingerprint density at radius 1 is 1.45 bits per heavy atom. The van der Waals surface area contributed by atoms with Gasteiger partial charge in [-0.2, -0.15) is 5.10 Å². The minimum absolute atomic E-state index is 0.294. The molecule has 1 aromatic heterocycles. The van der Waals surface area contributed by atoms with Gasteiger partial charge in [-0.1, -0.05) is 28.1 Å². The fourth-order valence-corrected chi connectivity index (χ4v) is 2.38. The summed E-state index contributed by atoms with van der Waals surface area (Å²) >= 11 is 4.90. The lowest BCUT2D eigenvalue weighted by Gasteiger charge is -2.12. The van der Waals surface area contributed by atoms with Crippen LogP contribution in [0.15, 0.2) is 51.4 Å². The van der Waals surface area contributed by atoms with Gasteiger partial charge < -0.3 is 4.74 Å². The Balaban J connectivity index is 1.86. The van der Waals surface area contributed by atoms with Crippen molar-refractivity contribution in [1.82, 2.24) is 5.43 Å². The molecular formula is C14H13BrN2O2S. The zero-order valence-corrected chi connectivity index (χ0v) is 13.1. The van der Waals surface area contributed by atoms with E-state index in [0.29, 0.717) is 5.75 Å². The van der Waals surface area contributed by atoms with Crippen LogP contribution in [0.4, 0.5) is 0 Å². The maximum Gasteiger partial charge on any atom is 0.280 e. The predicted molar refractivity (Wildman–Crippen MR) is 84.3 cm³/mol. The Bertz CT molecular complexity index is 599. The van der Waals surface area contributed by atoms with E-state index in [0.717, 1.165) is 9.35 Å². The third-order valence-electron chi connectivity index (χ3n) is 2.39. The first kappa shape index (κ1) is 14.7. The van der Waals surface area contributed by atoms with Gasteiger partial charge in [-0.15, -0.1) is 11.3 Å². The Kier molecular flexibility index (Phi) is 5.31. The average molecular weight is 353 g/mol. The molecule has 0 saturated heterocycles. The molecule has 0 unspecified atom stereocenters. The fraction of sp³-hybridized carbons (Fsp3) is 0.143. The number of amides is 1. The standard InChI is InChI=1S/C14H13BrN2O2S/c1-10(19-12-5-2-4-11(15)8-12)14(18)17-16-9-13-6-3-7-20-13/h2-10H,1H3,(H,17,18)/b16-9-/t10-/m0/s1. The highest BCUT2D eigenvalue weighted by Crippen LogP contribution is 2.18. The van der Waals surface area contributed by atoms with Gasteiger partial charge in [-0.05, 0) is 36.6 Å². The van der Waals surface area contributed by atoms with Crippen LogP contribution in [-0.2, 0) is 4.79 Å². The van der Waals surface area contributed by atoms with Crippen molar-refractivity contribution in [3.63, 3.8) is 0 Å². The molecule has 0 radical (unpaired) electrons. The van der Waals surface area contributed by atoms with Crippen LogP contribution in [0.1, 0.15) is 11.8 Å². The molecular weight excluding hydrogens is 340 g/mol. The number of nitrogens with zero attached hydrogens (tertiary/aromatic N) is 1. The zero-order chi connectivity index (χ0) is 14.4. The average Bonchev–Trinajstić information content (AvgIpc) is 2.91. The molecule has 0 saturated carbocycles. The Hall–Kier alpha value is -1.66. The van der Waals surface area contributed by atoms with Crippen molar-refractivity contribution in [1.29, 1.82) is 0 Å².